The Balaban J connectivity index is 2.16. The molecular weight excluding hydrogens is 322 g/mol. The van der Waals surface area contributed by atoms with Crippen molar-refractivity contribution in [1.82, 2.24) is 4.90 Å². The van der Waals surface area contributed by atoms with E-state index in [4.69, 9.17) is 14.6 Å². The van der Waals surface area contributed by atoms with E-state index < -0.39 is 5.97 Å². The van der Waals surface area contributed by atoms with Crippen LogP contribution in [0.1, 0.15) is 42.5 Å². The number of likely N-dealkylation sites (tertiary alicyclic amines) is 1. The average Bonchev–Trinajstić information content (AvgIpc) is 2.64. The molecule has 0 radical (unpaired) electrons. The van der Waals surface area contributed by atoms with Gasteiger partial charge in [0.2, 0.25) is 0 Å². The summed E-state index contributed by atoms with van der Waals surface area (Å²) < 4.78 is 10.8. The highest BCUT2D eigenvalue weighted by Crippen LogP contribution is 2.30. The number of methoxy groups -OCH3 is 1. The van der Waals surface area contributed by atoms with Crippen LogP contribution in [-0.4, -0.2) is 48.2 Å². The molecule has 0 aliphatic carbocycles. The van der Waals surface area contributed by atoms with Crippen LogP contribution in [0, 0.1) is 0 Å². The topological polar surface area (TPSA) is 76.1 Å². The van der Waals surface area contributed by atoms with Crippen LogP contribution in [0.25, 0.3) is 0 Å². The number of carboxylic acids is 1. The number of hydrogen-bond donors (Lipinski definition) is 1. The number of carbonyl (C=O) groups excluding carboxylic acids is 1. The highest BCUT2D eigenvalue weighted by Gasteiger charge is 2.28. The molecule has 1 saturated heterocycles. The molecule has 136 valence electrons. The van der Waals surface area contributed by atoms with Gasteiger partial charge in [0.05, 0.1) is 7.11 Å². The molecule has 1 aliphatic rings. The van der Waals surface area contributed by atoms with Gasteiger partial charge in [-0.3, -0.25) is 9.59 Å². The summed E-state index contributed by atoms with van der Waals surface area (Å²) in [5, 5.41) is 8.91. The quantitative estimate of drug-likeness (QED) is 0.731. The minimum atomic E-state index is -0.830. The van der Waals surface area contributed by atoms with Gasteiger partial charge in [-0.1, -0.05) is 12.7 Å². The Morgan fingerprint density at radius 3 is 2.84 bits per heavy atom. The van der Waals surface area contributed by atoms with Crippen molar-refractivity contribution in [3.8, 4) is 11.5 Å². The molecule has 1 amide bonds. The smallest absolute Gasteiger partial charge is 0.303 e. The average molecular weight is 347 g/mol. The predicted molar refractivity (Wildman–Crippen MR) is 94.2 cm³/mol. The standard InChI is InChI=1S/C19H25NO5/c1-3-12-25-16-9-7-14(13-17(16)24-2)19(23)20-11-5-4-6-15(20)8-10-18(21)22/h3,7,9,13,15H,1,4-6,8,10-12H2,2H3,(H,21,22). The summed E-state index contributed by atoms with van der Waals surface area (Å²) in [7, 11) is 1.53. The maximum atomic E-state index is 12.9. The van der Waals surface area contributed by atoms with E-state index >= 15 is 0 Å². The van der Waals surface area contributed by atoms with Crippen molar-refractivity contribution in [2.45, 2.75) is 38.1 Å². The second kappa shape index (κ2) is 9.11. The van der Waals surface area contributed by atoms with Crippen molar-refractivity contribution in [3.05, 3.63) is 36.4 Å². The zero-order valence-corrected chi connectivity index (χ0v) is 14.6. The van der Waals surface area contributed by atoms with Gasteiger partial charge >= 0.3 is 5.97 Å². The molecule has 0 spiro atoms. The maximum Gasteiger partial charge on any atom is 0.303 e. The van der Waals surface area contributed by atoms with Gasteiger partial charge in [0.1, 0.15) is 6.61 Å². The Morgan fingerprint density at radius 2 is 2.16 bits per heavy atom. The summed E-state index contributed by atoms with van der Waals surface area (Å²) in [6, 6.07) is 5.07. The van der Waals surface area contributed by atoms with Crippen molar-refractivity contribution in [2.75, 3.05) is 20.3 Å². The molecule has 2 rings (SSSR count). The lowest BCUT2D eigenvalue weighted by molar-refractivity contribution is -0.137. The van der Waals surface area contributed by atoms with Crippen molar-refractivity contribution >= 4 is 11.9 Å². The van der Waals surface area contributed by atoms with Crippen molar-refractivity contribution in [2.24, 2.45) is 0 Å². The van der Waals surface area contributed by atoms with Crippen LogP contribution in [0.4, 0.5) is 0 Å². The van der Waals surface area contributed by atoms with E-state index in [1.54, 1.807) is 29.2 Å². The van der Waals surface area contributed by atoms with E-state index in [-0.39, 0.29) is 18.4 Å². The van der Waals surface area contributed by atoms with Crippen LogP contribution in [0.15, 0.2) is 30.9 Å². The third-order valence-electron chi connectivity index (χ3n) is 4.35. The van der Waals surface area contributed by atoms with E-state index in [9.17, 15) is 9.59 Å². The number of benzene rings is 1. The Labute approximate surface area is 148 Å². The van der Waals surface area contributed by atoms with Gasteiger partial charge in [-0.25, -0.2) is 0 Å². The fraction of sp³-hybridized carbons (Fsp3) is 0.474. The van der Waals surface area contributed by atoms with Crippen molar-refractivity contribution in [1.29, 1.82) is 0 Å². The Kier molecular flexibility index (Phi) is 6.86. The summed E-state index contributed by atoms with van der Waals surface area (Å²) in [4.78, 5) is 25.6. The van der Waals surface area contributed by atoms with Gasteiger partial charge in [-0.15, -0.1) is 0 Å². The van der Waals surface area contributed by atoms with Crippen LogP contribution in [0.2, 0.25) is 0 Å². The molecule has 1 aromatic carbocycles. The van der Waals surface area contributed by atoms with Crippen LogP contribution < -0.4 is 9.47 Å². The number of aliphatic carboxylic acids is 1. The number of nitrogens with zero attached hydrogens (tertiary/aromatic N) is 1. The number of carbonyl (C=O) groups is 2. The van der Waals surface area contributed by atoms with Crippen molar-refractivity contribution < 1.29 is 24.2 Å². The Bertz CT molecular complexity index is 628. The highest BCUT2D eigenvalue weighted by atomic mass is 16.5. The molecule has 1 heterocycles. The highest BCUT2D eigenvalue weighted by molar-refractivity contribution is 5.95. The van der Waals surface area contributed by atoms with Gasteiger partial charge in [0, 0.05) is 24.6 Å². The summed E-state index contributed by atoms with van der Waals surface area (Å²) in [5.41, 5.74) is 0.519. The molecule has 1 fully saturated rings. The van der Waals surface area contributed by atoms with Crippen LogP contribution >= 0.6 is 0 Å². The van der Waals surface area contributed by atoms with E-state index in [1.807, 2.05) is 0 Å². The Hall–Kier alpha value is -2.50. The lowest BCUT2D eigenvalue weighted by atomic mass is 9.97. The third kappa shape index (κ3) is 4.98. The van der Waals surface area contributed by atoms with E-state index in [0.29, 0.717) is 36.6 Å². The van der Waals surface area contributed by atoms with Crippen LogP contribution in [0.5, 0.6) is 11.5 Å². The van der Waals surface area contributed by atoms with Gasteiger partial charge in [-0.2, -0.15) is 0 Å². The van der Waals surface area contributed by atoms with Gasteiger partial charge in [0.15, 0.2) is 11.5 Å². The molecule has 1 atom stereocenters. The maximum absolute atomic E-state index is 12.9. The van der Waals surface area contributed by atoms with Crippen LogP contribution in [-0.2, 0) is 4.79 Å². The lowest BCUT2D eigenvalue weighted by Gasteiger charge is -2.35. The predicted octanol–water partition coefficient (Wildman–Crippen LogP) is 3.12. The minimum Gasteiger partial charge on any atom is -0.493 e. The first kappa shape index (κ1) is 18.8. The molecule has 6 nitrogen and oxygen atoms in total. The summed E-state index contributed by atoms with van der Waals surface area (Å²) in [6.45, 7) is 4.62. The molecule has 0 saturated carbocycles. The second-order valence-electron chi connectivity index (χ2n) is 6.05. The number of carboxylic acid groups (broad SMARTS) is 1. The molecule has 1 unspecified atom stereocenters. The SMILES string of the molecule is C=CCOc1ccc(C(=O)N2CCCCC2CCC(=O)O)cc1OC. The van der Waals surface area contributed by atoms with E-state index in [0.717, 1.165) is 19.3 Å². The molecular formula is C19H25NO5. The molecule has 0 aromatic heterocycles. The number of rotatable bonds is 8. The fourth-order valence-electron chi connectivity index (χ4n) is 3.09. The number of hydrogen-bond acceptors (Lipinski definition) is 4. The summed E-state index contributed by atoms with van der Waals surface area (Å²) >= 11 is 0. The molecule has 25 heavy (non-hydrogen) atoms. The summed E-state index contributed by atoms with van der Waals surface area (Å²) in [6.07, 6.45) is 5.00. The van der Waals surface area contributed by atoms with Gasteiger partial charge in [-0.05, 0) is 43.9 Å². The largest absolute Gasteiger partial charge is 0.493 e. The number of ether oxygens (including phenoxy) is 2. The monoisotopic (exact) mass is 347 g/mol. The Morgan fingerprint density at radius 1 is 1.36 bits per heavy atom. The second-order valence-corrected chi connectivity index (χ2v) is 6.05. The number of piperidine rings is 1. The molecule has 1 aliphatic heterocycles. The number of amides is 1. The van der Waals surface area contributed by atoms with E-state index in [1.165, 1.54) is 7.11 Å². The lowest BCUT2D eigenvalue weighted by Crippen LogP contribution is -2.44. The minimum absolute atomic E-state index is 0.0277. The van der Waals surface area contributed by atoms with E-state index in [2.05, 4.69) is 6.58 Å². The molecule has 1 aromatic rings. The zero-order chi connectivity index (χ0) is 18.2. The molecule has 1 N–H and O–H groups in total. The normalized spacial score (nSPS) is 17.0. The first-order valence-electron chi connectivity index (χ1n) is 8.51. The first-order valence-corrected chi connectivity index (χ1v) is 8.51. The third-order valence-corrected chi connectivity index (χ3v) is 4.35. The zero-order valence-electron chi connectivity index (χ0n) is 14.6. The summed E-state index contributed by atoms with van der Waals surface area (Å²) in [5.74, 6) is 0.124. The van der Waals surface area contributed by atoms with Crippen LogP contribution in [0.3, 0.4) is 0 Å². The molecule has 6 heteroatoms. The van der Waals surface area contributed by atoms with Gasteiger partial charge < -0.3 is 19.5 Å². The molecule has 0 bridgehead atoms. The van der Waals surface area contributed by atoms with Crippen molar-refractivity contribution in [3.63, 3.8) is 0 Å². The first-order chi connectivity index (χ1) is 12.1. The van der Waals surface area contributed by atoms with Gasteiger partial charge in [0.25, 0.3) is 5.91 Å². The fourth-order valence-corrected chi connectivity index (χ4v) is 3.09.